The molecular formula is C25H23N2O7S-. The van der Waals surface area contributed by atoms with E-state index in [2.05, 4.69) is 0 Å². The van der Waals surface area contributed by atoms with Gasteiger partial charge in [-0.25, -0.2) is 9.86 Å². The Morgan fingerprint density at radius 2 is 1.71 bits per heavy atom. The van der Waals surface area contributed by atoms with Crippen LogP contribution in [0.5, 0.6) is 0 Å². The number of rotatable bonds is 10. The maximum Gasteiger partial charge on any atom is 0.327 e. The summed E-state index contributed by atoms with van der Waals surface area (Å²) in [5.41, 5.74) is 2.17. The van der Waals surface area contributed by atoms with Crippen LogP contribution in [0.2, 0.25) is 0 Å². The smallest absolute Gasteiger partial charge is 0.327 e. The van der Waals surface area contributed by atoms with E-state index >= 15 is 0 Å². The molecule has 1 N–H and O–H groups in total. The van der Waals surface area contributed by atoms with Crippen molar-refractivity contribution in [3.63, 3.8) is 0 Å². The van der Waals surface area contributed by atoms with Gasteiger partial charge >= 0.3 is 5.97 Å². The van der Waals surface area contributed by atoms with Gasteiger partial charge in [0.25, 0.3) is 0 Å². The van der Waals surface area contributed by atoms with Gasteiger partial charge in [0, 0.05) is 28.5 Å². The van der Waals surface area contributed by atoms with E-state index in [0.717, 1.165) is 20.3 Å². The second-order valence-corrected chi connectivity index (χ2v) is 8.64. The van der Waals surface area contributed by atoms with Gasteiger partial charge in [0.1, 0.15) is 17.2 Å². The molecule has 0 saturated carbocycles. The minimum Gasteiger partial charge on any atom is -0.755 e. The van der Waals surface area contributed by atoms with Crippen LogP contribution in [0.25, 0.3) is 21.9 Å². The minimum absolute atomic E-state index is 0.158. The Morgan fingerprint density at radius 1 is 1.03 bits per heavy atom. The molecule has 0 fully saturated rings. The fourth-order valence-electron chi connectivity index (χ4n) is 3.95. The summed E-state index contributed by atoms with van der Waals surface area (Å²) in [4.78, 5) is 30.0. The Balaban J connectivity index is 1.57. The van der Waals surface area contributed by atoms with Crippen LogP contribution >= 0.6 is 0 Å². The first-order valence-electron chi connectivity index (χ1n) is 10.8. The lowest BCUT2D eigenvalue weighted by atomic mass is 10.1. The molecule has 0 bridgehead atoms. The number of carbonyl (C=O) groups excluding carboxylic acids is 1. The molecule has 0 aliphatic carbocycles. The van der Waals surface area contributed by atoms with Crippen molar-refractivity contribution in [2.45, 2.75) is 25.4 Å². The molecule has 35 heavy (non-hydrogen) atoms. The molecule has 2 atom stereocenters. The molecule has 3 aromatic carbocycles. The van der Waals surface area contributed by atoms with Gasteiger partial charge in [0.15, 0.2) is 0 Å². The van der Waals surface area contributed by atoms with Crippen molar-refractivity contribution in [3.05, 3.63) is 78.4 Å². The van der Waals surface area contributed by atoms with Crippen molar-refractivity contribution < 1.29 is 32.7 Å². The van der Waals surface area contributed by atoms with E-state index in [4.69, 9.17) is 9.25 Å². The number of amides is 1. The highest BCUT2D eigenvalue weighted by Gasteiger charge is 2.29. The number of hydroxylamine groups is 2. The van der Waals surface area contributed by atoms with E-state index in [-0.39, 0.29) is 25.1 Å². The van der Waals surface area contributed by atoms with E-state index in [1.54, 1.807) is 18.2 Å². The Morgan fingerprint density at radius 3 is 2.40 bits per heavy atom. The SMILES string of the molecule is CON(Cc1ccccc1)C(=O)CCC(C(=O)O)N(c1ccc2oc3ccccc3c2c1)S(=O)[O-]. The Labute approximate surface area is 203 Å². The van der Waals surface area contributed by atoms with Gasteiger partial charge in [-0.05, 0) is 36.2 Å². The number of carboxylic acid groups (broad SMARTS) is 1. The first-order chi connectivity index (χ1) is 16.9. The Hall–Kier alpha value is -3.73. The lowest BCUT2D eigenvalue weighted by Gasteiger charge is -2.32. The molecular weight excluding hydrogens is 472 g/mol. The van der Waals surface area contributed by atoms with Crippen LogP contribution in [-0.4, -0.2) is 44.0 Å². The van der Waals surface area contributed by atoms with Crippen LogP contribution in [0.1, 0.15) is 18.4 Å². The molecule has 0 aliphatic heterocycles. The Kier molecular flexibility index (Phi) is 7.45. The lowest BCUT2D eigenvalue weighted by molar-refractivity contribution is -0.179. The summed E-state index contributed by atoms with van der Waals surface area (Å²) in [5.74, 6) is -1.83. The van der Waals surface area contributed by atoms with Gasteiger partial charge in [0.05, 0.1) is 19.3 Å². The number of fused-ring (bicyclic) bond motifs is 3. The van der Waals surface area contributed by atoms with E-state index in [1.807, 2.05) is 48.5 Å². The fraction of sp³-hybridized carbons (Fsp3) is 0.200. The summed E-state index contributed by atoms with van der Waals surface area (Å²) in [7, 11) is 1.35. The first kappa shape index (κ1) is 24.4. The molecule has 2 unspecified atom stereocenters. The van der Waals surface area contributed by atoms with E-state index in [1.165, 1.54) is 13.2 Å². The molecule has 0 aliphatic rings. The fourth-order valence-corrected chi connectivity index (χ4v) is 4.64. The summed E-state index contributed by atoms with van der Waals surface area (Å²) in [6, 6.07) is 19.6. The van der Waals surface area contributed by atoms with Gasteiger partial charge in [-0.2, -0.15) is 0 Å². The van der Waals surface area contributed by atoms with Gasteiger partial charge in [-0.1, -0.05) is 48.5 Å². The molecule has 0 saturated heterocycles. The van der Waals surface area contributed by atoms with Crippen LogP contribution in [0.3, 0.4) is 0 Å². The monoisotopic (exact) mass is 495 g/mol. The molecule has 182 valence electrons. The first-order valence-corrected chi connectivity index (χ1v) is 11.8. The summed E-state index contributed by atoms with van der Waals surface area (Å²) < 4.78 is 30.9. The predicted molar refractivity (Wildman–Crippen MR) is 130 cm³/mol. The molecule has 1 amide bonds. The Bertz CT molecular complexity index is 1370. The van der Waals surface area contributed by atoms with Crippen LogP contribution in [0.4, 0.5) is 5.69 Å². The van der Waals surface area contributed by atoms with E-state index in [0.29, 0.717) is 16.6 Å². The number of hydrogen-bond donors (Lipinski definition) is 1. The topological polar surface area (TPSA) is 123 Å². The molecule has 9 nitrogen and oxygen atoms in total. The standard InChI is InChI=1S/C25H24N2O7S/c1-33-26(16-17-7-3-2-4-8-17)24(28)14-12-21(25(29)30)27(35(31)32)18-11-13-23-20(15-18)19-9-5-6-10-22(19)34-23/h2-11,13,15,21H,12,14,16H2,1H3,(H,29,30)(H,31,32)/p-1. The molecule has 0 spiro atoms. The summed E-state index contributed by atoms with van der Waals surface area (Å²) in [6.07, 6.45) is -0.483. The molecule has 1 heterocycles. The third-order valence-electron chi connectivity index (χ3n) is 5.64. The zero-order chi connectivity index (χ0) is 24.9. The van der Waals surface area contributed by atoms with Crippen molar-refractivity contribution in [3.8, 4) is 0 Å². The van der Waals surface area contributed by atoms with Gasteiger partial charge < -0.3 is 14.1 Å². The van der Waals surface area contributed by atoms with Gasteiger partial charge in [0.2, 0.25) is 5.91 Å². The zero-order valence-corrected chi connectivity index (χ0v) is 19.6. The molecule has 10 heteroatoms. The minimum atomic E-state index is -2.91. The second kappa shape index (κ2) is 10.7. The maximum absolute atomic E-state index is 12.7. The van der Waals surface area contributed by atoms with Gasteiger partial charge in [-0.15, -0.1) is 0 Å². The highest BCUT2D eigenvalue weighted by Crippen LogP contribution is 2.33. The second-order valence-electron chi connectivity index (χ2n) is 7.81. The van der Waals surface area contributed by atoms with E-state index < -0.39 is 29.2 Å². The molecule has 4 rings (SSSR count). The highest BCUT2D eigenvalue weighted by atomic mass is 32.2. The number of nitrogens with zero attached hydrogens (tertiary/aromatic N) is 2. The van der Waals surface area contributed by atoms with Crippen LogP contribution in [0.15, 0.2) is 77.2 Å². The average molecular weight is 496 g/mol. The zero-order valence-electron chi connectivity index (χ0n) is 18.8. The quantitative estimate of drug-likeness (QED) is 0.260. The summed E-state index contributed by atoms with van der Waals surface area (Å²) in [6.45, 7) is 0.176. The number of furan rings is 1. The van der Waals surface area contributed by atoms with Crippen LogP contribution in [0, 0.1) is 0 Å². The number of aliphatic carboxylic acids is 1. The maximum atomic E-state index is 12.7. The predicted octanol–water partition coefficient (Wildman–Crippen LogP) is 4.01. The van der Waals surface area contributed by atoms with Crippen molar-refractivity contribution in [2.75, 3.05) is 11.4 Å². The number of anilines is 1. The largest absolute Gasteiger partial charge is 0.755 e. The molecule has 0 radical (unpaired) electrons. The lowest BCUT2D eigenvalue weighted by Crippen LogP contribution is -2.43. The van der Waals surface area contributed by atoms with Crippen molar-refractivity contribution in [2.24, 2.45) is 0 Å². The summed E-state index contributed by atoms with van der Waals surface area (Å²) in [5, 5.41) is 12.4. The molecule has 1 aromatic heterocycles. The number of carboxylic acids is 1. The normalized spacial score (nSPS) is 13.0. The van der Waals surface area contributed by atoms with E-state index in [9.17, 15) is 23.5 Å². The number of benzene rings is 3. The number of hydrogen-bond acceptors (Lipinski definition) is 6. The highest BCUT2D eigenvalue weighted by molar-refractivity contribution is 7.80. The number of para-hydroxylation sites is 1. The third-order valence-corrected chi connectivity index (χ3v) is 6.43. The average Bonchev–Trinajstić information content (AvgIpc) is 3.23. The number of carbonyl (C=O) groups is 2. The van der Waals surface area contributed by atoms with Crippen LogP contribution in [-0.2, 0) is 32.2 Å². The molecule has 4 aromatic rings. The summed E-state index contributed by atoms with van der Waals surface area (Å²) >= 11 is -2.91. The van der Waals surface area contributed by atoms with Crippen LogP contribution < -0.4 is 4.31 Å². The van der Waals surface area contributed by atoms with Crippen molar-refractivity contribution in [1.29, 1.82) is 0 Å². The van der Waals surface area contributed by atoms with Crippen molar-refractivity contribution in [1.82, 2.24) is 5.06 Å². The van der Waals surface area contributed by atoms with Gasteiger partial charge in [-0.3, -0.25) is 18.1 Å². The third kappa shape index (κ3) is 5.35. The van der Waals surface area contributed by atoms with Crippen molar-refractivity contribution >= 4 is 50.8 Å².